The Morgan fingerprint density at radius 1 is 0.930 bits per heavy atom. The normalized spacial score (nSPS) is 14.4. The maximum Gasteiger partial charge on any atom is 0.329 e. The molecule has 1 aliphatic rings. The number of nitrogens with one attached hydrogen (secondary N) is 3. The highest BCUT2D eigenvalue weighted by molar-refractivity contribution is 5.96. The van der Waals surface area contributed by atoms with E-state index in [2.05, 4.69) is 16.0 Å². The molecule has 1 aliphatic heterocycles. The highest BCUT2D eigenvalue weighted by Crippen LogP contribution is 2.29. The molecule has 18 heteroatoms. The fourth-order valence-electron chi connectivity index (χ4n) is 4.27. The summed E-state index contributed by atoms with van der Waals surface area (Å²) in [6.45, 7) is 1.81. The number of hydrogen-bond donors (Lipinski definition) is 3. The Kier molecular flexibility index (Phi) is 9.86. The number of carbonyl (C=O) groups is 4. The number of nitrogens with zero attached hydrogens (tertiary/aromatic N) is 4. The molecule has 2 aromatic rings. The minimum atomic E-state index is -1.52. The van der Waals surface area contributed by atoms with E-state index in [9.17, 15) is 49.5 Å². The topological polar surface area (TPSA) is 246 Å². The van der Waals surface area contributed by atoms with Crippen molar-refractivity contribution in [2.24, 2.45) is 0 Å². The van der Waals surface area contributed by atoms with E-state index in [1.165, 1.54) is 43.0 Å². The number of esters is 1. The summed E-state index contributed by atoms with van der Waals surface area (Å²) in [7, 11) is 0. The van der Waals surface area contributed by atoms with E-state index < -0.39 is 74.6 Å². The third-order valence-electron chi connectivity index (χ3n) is 6.31. The third-order valence-corrected chi connectivity index (χ3v) is 6.31. The Hall–Kier alpha value is -5.68. The molecule has 0 aliphatic carbocycles. The third kappa shape index (κ3) is 8.18. The molecular formula is C25H27N7O11. The van der Waals surface area contributed by atoms with Crippen LogP contribution in [0.4, 0.5) is 28.4 Å². The first-order valence-electron chi connectivity index (χ1n) is 12.7. The minimum absolute atomic E-state index is 0.144. The molecule has 1 saturated heterocycles. The maximum atomic E-state index is 13.3. The van der Waals surface area contributed by atoms with Gasteiger partial charge in [-0.25, -0.2) is 4.79 Å². The number of amides is 3. The van der Waals surface area contributed by atoms with Gasteiger partial charge < -0.3 is 25.6 Å². The van der Waals surface area contributed by atoms with Gasteiger partial charge in [0.1, 0.15) is 17.3 Å². The first kappa shape index (κ1) is 31.8. The number of benzene rings is 2. The number of ether oxygens (including phenoxy) is 1. The summed E-state index contributed by atoms with van der Waals surface area (Å²) in [6.07, 6.45) is 0.708. The summed E-state index contributed by atoms with van der Waals surface area (Å²) >= 11 is 0. The van der Waals surface area contributed by atoms with Crippen LogP contribution < -0.4 is 16.0 Å². The van der Waals surface area contributed by atoms with Gasteiger partial charge in [-0.05, 0) is 44.9 Å². The van der Waals surface area contributed by atoms with Gasteiger partial charge in [-0.15, -0.1) is 0 Å². The van der Waals surface area contributed by atoms with E-state index in [-0.39, 0.29) is 30.0 Å². The smallest absolute Gasteiger partial charge is 0.329 e. The monoisotopic (exact) mass is 601 g/mol. The van der Waals surface area contributed by atoms with Crippen LogP contribution in [0.15, 0.2) is 42.5 Å². The predicted octanol–water partition coefficient (Wildman–Crippen LogP) is 1.89. The van der Waals surface area contributed by atoms with Crippen molar-refractivity contribution in [1.82, 2.24) is 10.2 Å². The van der Waals surface area contributed by atoms with Crippen molar-refractivity contribution < 1.29 is 38.7 Å². The second-order valence-corrected chi connectivity index (χ2v) is 9.86. The van der Waals surface area contributed by atoms with E-state index in [0.717, 1.165) is 18.2 Å². The molecule has 3 amide bonds. The van der Waals surface area contributed by atoms with Gasteiger partial charge in [0.05, 0.1) is 27.4 Å². The van der Waals surface area contributed by atoms with Crippen molar-refractivity contribution in [2.45, 2.75) is 38.3 Å². The second-order valence-electron chi connectivity index (χ2n) is 9.86. The van der Waals surface area contributed by atoms with Gasteiger partial charge in [0.15, 0.2) is 6.61 Å². The van der Waals surface area contributed by atoms with Crippen LogP contribution in [-0.4, -0.2) is 74.6 Å². The SMILES string of the molecule is CC(C)(NC(=O)CNc1ccc([N+](=O)[O-])cc1[N+](=O)[O-])C(=O)N1CCC[C@H]1C(=O)OCC(=O)Nc1ccc([N+](=O)[O-])cc1. The van der Waals surface area contributed by atoms with Gasteiger partial charge in [-0.1, -0.05) is 0 Å². The van der Waals surface area contributed by atoms with Crippen LogP contribution >= 0.6 is 0 Å². The minimum Gasteiger partial charge on any atom is -0.454 e. The number of hydrogen-bond acceptors (Lipinski definition) is 12. The number of carbonyl (C=O) groups excluding carboxylic acids is 4. The molecule has 3 N–H and O–H groups in total. The van der Waals surface area contributed by atoms with Gasteiger partial charge in [0.25, 0.3) is 23.0 Å². The summed E-state index contributed by atoms with van der Waals surface area (Å²) in [5.41, 5.74) is -2.70. The van der Waals surface area contributed by atoms with E-state index in [0.29, 0.717) is 6.42 Å². The van der Waals surface area contributed by atoms with Crippen LogP contribution in [0.25, 0.3) is 0 Å². The highest BCUT2D eigenvalue weighted by Gasteiger charge is 2.42. The summed E-state index contributed by atoms with van der Waals surface area (Å²) < 4.78 is 5.09. The molecule has 1 fully saturated rings. The lowest BCUT2D eigenvalue weighted by atomic mass is 10.0. The zero-order chi connectivity index (χ0) is 31.9. The Bertz CT molecular complexity index is 1460. The molecule has 18 nitrogen and oxygen atoms in total. The Morgan fingerprint density at radius 3 is 2.16 bits per heavy atom. The molecule has 2 aromatic carbocycles. The highest BCUT2D eigenvalue weighted by atomic mass is 16.6. The Labute approximate surface area is 242 Å². The van der Waals surface area contributed by atoms with Crippen LogP contribution in [0.2, 0.25) is 0 Å². The predicted molar refractivity (Wildman–Crippen MR) is 148 cm³/mol. The summed E-state index contributed by atoms with van der Waals surface area (Å²) in [6, 6.07) is 6.87. The molecule has 228 valence electrons. The lowest BCUT2D eigenvalue weighted by Crippen LogP contribution is -2.58. The zero-order valence-electron chi connectivity index (χ0n) is 22.9. The molecule has 0 radical (unpaired) electrons. The molecule has 0 unspecified atom stereocenters. The van der Waals surface area contributed by atoms with Gasteiger partial charge in [-0.2, -0.15) is 0 Å². The van der Waals surface area contributed by atoms with Gasteiger partial charge >= 0.3 is 5.97 Å². The van der Waals surface area contributed by atoms with Crippen molar-refractivity contribution in [3.8, 4) is 0 Å². The van der Waals surface area contributed by atoms with E-state index in [4.69, 9.17) is 4.74 Å². The lowest BCUT2D eigenvalue weighted by molar-refractivity contribution is -0.393. The maximum absolute atomic E-state index is 13.3. The van der Waals surface area contributed by atoms with E-state index >= 15 is 0 Å². The first-order valence-corrected chi connectivity index (χ1v) is 12.7. The lowest BCUT2D eigenvalue weighted by Gasteiger charge is -2.32. The van der Waals surface area contributed by atoms with Crippen LogP contribution in [0.3, 0.4) is 0 Å². The number of nitro benzene ring substituents is 3. The van der Waals surface area contributed by atoms with Crippen LogP contribution in [0, 0.1) is 30.3 Å². The summed E-state index contributed by atoms with van der Waals surface area (Å²) in [5, 5.41) is 40.4. The quantitative estimate of drug-likeness (QED) is 0.179. The van der Waals surface area contributed by atoms with Gasteiger partial charge in [-0.3, -0.25) is 44.7 Å². The van der Waals surface area contributed by atoms with Crippen LogP contribution in [-0.2, 0) is 23.9 Å². The van der Waals surface area contributed by atoms with Crippen LogP contribution in [0.5, 0.6) is 0 Å². The summed E-state index contributed by atoms with van der Waals surface area (Å²) in [4.78, 5) is 82.8. The molecule has 1 atom stereocenters. The Morgan fingerprint density at radius 2 is 1.56 bits per heavy atom. The van der Waals surface area contributed by atoms with Gasteiger partial charge in [0.2, 0.25) is 11.8 Å². The molecule has 0 bridgehead atoms. The number of non-ortho nitro benzene ring substituents is 2. The molecule has 0 saturated carbocycles. The van der Waals surface area contributed by atoms with Crippen molar-refractivity contribution in [2.75, 3.05) is 30.3 Å². The Balaban J connectivity index is 1.55. The molecule has 0 aromatic heterocycles. The second kappa shape index (κ2) is 13.3. The van der Waals surface area contributed by atoms with E-state index in [1.54, 1.807) is 0 Å². The molecular weight excluding hydrogens is 574 g/mol. The number of anilines is 2. The van der Waals surface area contributed by atoms with Crippen molar-refractivity contribution >= 4 is 52.1 Å². The van der Waals surface area contributed by atoms with Crippen molar-refractivity contribution in [1.29, 1.82) is 0 Å². The average Bonchev–Trinajstić information content (AvgIpc) is 3.44. The number of rotatable bonds is 12. The number of nitro groups is 3. The van der Waals surface area contributed by atoms with Crippen molar-refractivity contribution in [3.05, 3.63) is 72.8 Å². The average molecular weight is 602 g/mol. The van der Waals surface area contributed by atoms with Gasteiger partial charge in [0, 0.05) is 30.4 Å². The first-order chi connectivity index (χ1) is 20.2. The molecule has 1 heterocycles. The molecule has 0 spiro atoms. The fraction of sp³-hybridized carbons (Fsp3) is 0.360. The van der Waals surface area contributed by atoms with Crippen molar-refractivity contribution in [3.63, 3.8) is 0 Å². The molecule has 3 rings (SSSR count). The zero-order valence-corrected chi connectivity index (χ0v) is 22.9. The van der Waals surface area contributed by atoms with Crippen LogP contribution in [0.1, 0.15) is 26.7 Å². The molecule has 43 heavy (non-hydrogen) atoms. The van der Waals surface area contributed by atoms with E-state index in [1.807, 2.05) is 0 Å². The summed E-state index contributed by atoms with van der Waals surface area (Å²) in [5.74, 6) is -2.88. The number of likely N-dealkylation sites (tertiary alicyclic amines) is 1. The fourth-order valence-corrected chi connectivity index (χ4v) is 4.27. The standard InChI is InChI=1S/C25H27N7O11/c1-25(2,28-21(33)13-26-18-10-9-17(31(39)40)12-20(18)32(41)42)24(36)29-11-3-4-19(29)23(35)43-14-22(34)27-15-5-7-16(8-6-15)30(37)38/h5-10,12,19,26H,3-4,11,13-14H2,1-2H3,(H,27,34)(H,28,33)/t19-/m0/s1. The largest absolute Gasteiger partial charge is 0.454 e.